The third kappa shape index (κ3) is 4.46. The number of nitrogens with zero attached hydrogens (tertiary/aromatic N) is 5. The fourth-order valence-corrected chi connectivity index (χ4v) is 5.07. The molecule has 1 atom stereocenters. The molecule has 3 aliphatic rings. The molecular formula is C24H33F2N7O. The molecule has 0 aromatic carbocycles. The summed E-state index contributed by atoms with van der Waals surface area (Å²) in [5.74, 6) is -0.789. The van der Waals surface area contributed by atoms with Gasteiger partial charge in [0.15, 0.2) is 5.82 Å². The van der Waals surface area contributed by atoms with Gasteiger partial charge in [-0.05, 0) is 32.1 Å². The van der Waals surface area contributed by atoms with Crippen molar-refractivity contribution in [3.05, 3.63) is 23.0 Å². The first-order valence-corrected chi connectivity index (χ1v) is 12.3. The predicted molar refractivity (Wildman–Crippen MR) is 126 cm³/mol. The van der Waals surface area contributed by atoms with E-state index in [-0.39, 0.29) is 37.3 Å². The Morgan fingerprint density at radius 2 is 1.91 bits per heavy atom. The topological polar surface area (TPSA) is 90.0 Å². The smallest absolute Gasteiger partial charge is 0.251 e. The number of carbonyl (C=O) groups is 1. The second-order valence-electron chi connectivity index (χ2n) is 10.7. The second kappa shape index (κ2) is 8.46. The zero-order valence-electron chi connectivity index (χ0n) is 20.1. The monoisotopic (exact) mass is 473 g/mol. The van der Waals surface area contributed by atoms with Gasteiger partial charge in [-0.2, -0.15) is 10.1 Å². The number of aromatic amines is 1. The number of anilines is 3. The highest BCUT2D eigenvalue weighted by Crippen LogP contribution is 2.34. The first-order valence-electron chi connectivity index (χ1n) is 12.3. The first kappa shape index (κ1) is 23.0. The molecule has 8 nitrogen and oxygen atoms in total. The van der Waals surface area contributed by atoms with E-state index in [0.717, 1.165) is 48.5 Å². The number of hydrogen-bond acceptors (Lipinski definition) is 6. The van der Waals surface area contributed by atoms with Gasteiger partial charge in [-0.25, -0.2) is 13.8 Å². The molecule has 5 rings (SSSR count). The van der Waals surface area contributed by atoms with Gasteiger partial charge < -0.3 is 15.1 Å². The van der Waals surface area contributed by atoms with Gasteiger partial charge in [0.2, 0.25) is 11.9 Å². The van der Waals surface area contributed by atoms with Crippen LogP contribution in [-0.2, 0) is 23.1 Å². The predicted octanol–water partition coefficient (Wildman–Crippen LogP) is 3.96. The van der Waals surface area contributed by atoms with Gasteiger partial charge >= 0.3 is 0 Å². The normalized spacial score (nSPS) is 22.2. The van der Waals surface area contributed by atoms with Crippen LogP contribution in [0.5, 0.6) is 0 Å². The number of aryl methyl sites for hydroxylation is 1. The van der Waals surface area contributed by atoms with E-state index in [1.165, 1.54) is 0 Å². The van der Waals surface area contributed by atoms with E-state index in [2.05, 4.69) is 36.3 Å². The molecular weight excluding hydrogens is 440 g/mol. The number of rotatable bonds is 4. The summed E-state index contributed by atoms with van der Waals surface area (Å²) in [5.41, 5.74) is 3.09. The molecule has 0 saturated carbocycles. The number of halogens is 2. The van der Waals surface area contributed by atoms with Crippen LogP contribution in [-0.4, -0.2) is 62.6 Å². The highest BCUT2D eigenvalue weighted by atomic mass is 19.3. The zero-order valence-corrected chi connectivity index (χ0v) is 20.1. The molecule has 1 amide bonds. The van der Waals surface area contributed by atoms with Gasteiger partial charge in [-0.1, -0.05) is 20.8 Å². The van der Waals surface area contributed by atoms with Crippen LogP contribution in [0.1, 0.15) is 69.8 Å². The van der Waals surface area contributed by atoms with Crippen molar-refractivity contribution >= 4 is 23.5 Å². The maximum Gasteiger partial charge on any atom is 0.251 e. The summed E-state index contributed by atoms with van der Waals surface area (Å²) in [4.78, 5) is 26.5. The third-order valence-corrected chi connectivity index (χ3v) is 7.16. The molecule has 34 heavy (non-hydrogen) atoms. The van der Waals surface area contributed by atoms with Gasteiger partial charge in [-0.15, -0.1) is 0 Å². The zero-order chi connectivity index (χ0) is 24.1. The summed E-state index contributed by atoms with van der Waals surface area (Å²) in [6.45, 7) is 7.25. The number of alkyl halides is 2. The van der Waals surface area contributed by atoms with E-state index < -0.39 is 12.0 Å². The van der Waals surface area contributed by atoms with Crippen LogP contribution in [0.4, 0.5) is 26.4 Å². The van der Waals surface area contributed by atoms with E-state index in [4.69, 9.17) is 9.97 Å². The molecule has 184 valence electrons. The minimum atomic E-state index is -2.67. The average Bonchev–Trinajstić information content (AvgIpc) is 3.52. The quantitative estimate of drug-likeness (QED) is 0.699. The van der Waals surface area contributed by atoms with Crippen LogP contribution in [0.15, 0.2) is 6.07 Å². The van der Waals surface area contributed by atoms with Crippen molar-refractivity contribution in [1.82, 2.24) is 25.1 Å². The summed E-state index contributed by atoms with van der Waals surface area (Å²) in [6.07, 6.45) is 3.78. The largest absolute Gasteiger partial charge is 0.340 e. The molecule has 2 aliphatic heterocycles. The van der Waals surface area contributed by atoms with Crippen LogP contribution < -0.4 is 10.2 Å². The first-order chi connectivity index (χ1) is 16.1. The second-order valence-corrected chi connectivity index (χ2v) is 10.7. The van der Waals surface area contributed by atoms with Crippen molar-refractivity contribution in [3.8, 4) is 0 Å². The van der Waals surface area contributed by atoms with Crippen molar-refractivity contribution in [1.29, 1.82) is 0 Å². The van der Waals surface area contributed by atoms with Crippen LogP contribution in [0.3, 0.4) is 0 Å². The Kier molecular flexibility index (Phi) is 5.72. The lowest BCUT2D eigenvalue weighted by molar-refractivity contribution is -0.138. The van der Waals surface area contributed by atoms with Gasteiger partial charge in [0, 0.05) is 55.2 Å². The molecule has 2 N–H and O–H groups in total. The summed E-state index contributed by atoms with van der Waals surface area (Å²) >= 11 is 0. The summed E-state index contributed by atoms with van der Waals surface area (Å²) in [7, 11) is 0. The van der Waals surface area contributed by atoms with E-state index in [1.54, 1.807) is 4.90 Å². The Morgan fingerprint density at radius 1 is 1.15 bits per heavy atom. The molecule has 2 fully saturated rings. The molecule has 4 heterocycles. The highest BCUT2D eigenvalue weighted by Gasteiger charge is 2.41. The summed E-state index contributed by atoms with van der Waals surface area (Å²) < 4.78 is 27.2. The van der Waals surface area contributed by atoms with Gasteiger partial charge in [0.25, 0.3) is 5.92 Å². The number of H-pyrrole nitrogens is 1. The van der Waals surface area contributed by atoms with Crippen LogP contribution in [0.25, 0.3) is 0 Å². The third-order valence-electron chi connectivity index (χ3n) is 7.16. The lowest BCUT2D eigenvalue weighted by Crippen LogP contribution is -2.50. The maximum atomic E-state index is 13.6. The molecule has 10 heteroatoms. The van der Waals surface area contributed by atoms with Crippen molar-refractivity contribution in [3.63, 3.8) is 0 Å². The number of aromatic nitrogens is 4. The van der Waals surface area contributed by atoms with Crippen LogP contribution in [0.2, 0.25) is 0 Å². The molecule has 1 aliphatic carbocycles. The molecule has 2 saturated heterocycles. The fraction of sp³-hybridized carbons (Fsp3) is 0.667. The molecule has 0 spiro atoms. The molecule has 2 aromatic rings. The number of carbonyl (C=O) groups excluding carboxylic acids is 1. The lowest BCUT2D eigenvalue weighted by atomic mass is 9.92. The number of fused-ring (bicyclic) bond motifs is 1. The molecule has 0 radical (unpaired) electrons. The number of amides is 1. The fourth-order valence-electron chi connectivity index (χ4n) is 5.07. The molecule has 0 bridgehead atoms. The van der Waals surface area contributed by atoms with E-state index >= 15 is 0 Å². The summed E-state index contributed by atoms with van der Waals surface area (Å²) in [5, 5.41) is 10.9. The SMILES string of the molecule is CC(C)(C)c1cc(Nc2nc(N3CCCC3C(=O)N3CCC(F)(F)CC3)nc3c2CCC3)n[nH]1. The standard InChI is InChI=1S/C24H33F2N7O/c1-23(2,3)18-14-19(31-30-18)28-20-15-6-4-7-16(15)27-22(29-20)33-11-5-8-17(33)21(34)32-12-9-24(25,26)10-13-32/h14,17H,4-13H2,1-3H3,(H2,27,28,29,30,31). The number of piperidine rings is 1. The Balaban J connectivity index is 1.39. The molecule has 2 aromatic heterocycles. The molecule has 1 unspecified atom stereocenters. The Hall–Kier alpha value is -2.78. The van der Waals surface area contributed by atoms with Crippen molar-refractivity contribution in [2.75, 3.05) is 29.9 Å². The lowest BCUT2D eigenvalue weighted by Gasteiger charge is -2.35. The van der Waals surface area contributed by atoms with Gasteiger partial charge in [0.05, 0.1) is 5.69 Å². The van der Waals surface area contributed by atoms with E-state index in [9.17, 15) is 13.6 Å². The van der Waals surface area contributed by atoms with Crippen molar-refractivity contribution in [2.45, 2.75) is 83.1 Å². The van der Waals surface area contributed by atoms with Gasteiger partial charge in [0.1, 0.15) is 11.9 Å². The Morgan fingerprint density at radius 3 is 2.62 bits per heavy atom. The van der Waals surface area contributed by atoms with Crippen molar-refractivity contribution < 1.29 is 13.6 Å². The highest BCUT2D eigenvalue weighted by molar-refractivity contribution is 5.85. The average molecular weight is 474 g/mol. The number of likely N-dealkylation sites (tertiary alicyclic amines) is 1. The Labute approximate surface area is 198 Å². The maximum absolute atomic E-state index is 13.6. The minimum Gasteiger partial charge on any atom is -0.340 e. The summed E-state index contributed by atoms with van der Waals surface area (Å²) in [6, 6.07) is 1.59. The minimum absolute atomic E-state index is 0.0484. The van der Waals surface area contributed by atoms with E-state index in [1.807, 2.05) is 11.0 Å². The van der Waals surface area contributed by atoms with Crippen LogP contribution >= 0.6 is 0 Å². The number of nitrogens with one attached hydrogen (secondary N) is 2. The van der Waals surface area contributed by atoms with Crippen molar-refractivity contribution in [2.24, 2.45) is 0 Å². The van der Waals surface area contributed by atoms with E-state index in [0.29, 0.717) is 24.7 Å². The van der Waals surface area contributed by atoms with Gasteiger partial charge in [-0.3, -0.25) is 9.89 Å². The number of hydrogen-bond donors (Lipinski definition) is 2. The Bertz CT molecular complexity index is 1070. The van der Waals surface area contributed by atoms with Crippen LogP contribution in [0, 0.1) is 0 Å².